The average molecular weight is 380 g/mol. The van der Waals surface area contributed by atoms with Crippen LogP contribution in [0.2, 0.25) is 0 Å². The third kappa shape index (κ3) is 7.01. The van der Waals surface area contributed by atoms with E-state index in [1.54, 1.807) is 0 Å². The van der Waals surface area contributed by atoms with Crippen molar-refractivity contribution in [2.75, 3.05) is 0 Å². The van der Waals surface area contributed by atoms with Crippen LogP contribution in [-0.4, -0.2) is 40.6 Å². The summed E-state index contributed by atoms with van der Waals surface area (Å²) in [4.78, 5) is 22.2. The molecular weight excluding hydrogens is 348 g/mol. The molecular formula is C21H32O6. The summed E-state index contributed by atoms with van der Waals surface area (Å²) in [5.41, 5.74) is 0. The van der Waals surface area contributed by atoms with Crippen LogP contribution in [0.25, 0.3) is 0 Å². The molecule has 6 nitrogen and oxygen atoms in total. The zero-order chi connectivity index (χ0) is 19.6. The summed E-state index contributed by atoms with van der Waals surface area (Å²) in [5, 5.41) is 18.8. The molecule has 2 fully saturated rings. The van der Waals surface area contributed by atoms with Crippen LogP contribution in [0.4, 0.5) is 4.79 Å². The summed E-state index contributed by atoms with van der Waals surface area (Å²) >= 11 is 0. The molecule has 1 saturated heterocycles. The number of hydrogen-bond acceptors (Lipinski definition) is 5. The van der Waals surface area contributed by atoms with Crippen LogP contribution < -0.4 is 0 Å². The summed E-state index contributed by atoms with van der Waals surface area (Å²) in [6.07, 6.45) is 13.3. The normalized spacial score (nSPS) is 28.4. The van der Waals surface area contributed by atoms with Crippen molar-refractivity contribution in [3.63, 3.8) is 0 Å². The van der Waals surface area contributed by atoms with Crippen LogP contribution >= 0.6 is 0 Å². The number of allylic oxidation sites excluding steroid dienone is 2. The number of hydrogen-bond donors (Lipinski definition) is 2. The Balaban J connectivity index is 1.90. The van der Waals surface area contributed by atoms with Gasteiger partial charge in [-0.3, -0.25) is 4.79 Å². The molecule has 5 atom stereocenters. The van der Waals surface area contributed by atoms with Crippen molar-refractivity contribution in [1.29, 1.82) is 0 Å². The molecule has 1 heterocycles. The quantitative estimate of drug-likeness (QED) is 0.299. The molecule has 2 rings (SSSR count). The van der Waals surface area contributed by atoms with Gasteiger partial charge in [0.15, 0.2) is 0 Å². The molecule has 0 aromatic heterocycles. The molecule has 2 N–H and O–H groups in total. The number of rotatable bonds is 12. The molecule has 0 spiro atoms. The van der Waals surface area contributed by atoms with E-state index in [2.05, 4.69) is 6.92 Å². The maximum Gasteiger partial charge on any atom is 0.508 e. The molecule has 0 amide bonds. The van der Waals surface area contributed by atoms with Gasteiger partial charge in [-0.25, -0.2) is 4.79 Å². The van der Waals surface area contributed by atoms with Crippen LogP contribution in [0.15, 0.2) is 24.3 Å². The Morgan fingerprint density at radius 3 is 2.74 bits per heavy atom. The number of unbranched alkanes of at least 4 members (excludes halogenated alkanes) is 3. The van der Waals surface area contributed by atoms with Gasteiger partial charge in [0, 0.05) is 24.7 Å². The molecule has 1 aliphatic carbocycles. The standard InChI is InChI=1S/C21H32O6/c1-2-3-6-9-15(22)12-13-17-16(10-7-4-5-8-11-20(23)24)18-14-19(17)27-21(25)26-18/h4,7,12-13,15-19,22H,2-3,5-6,8-11,14H2,1H3,(H,23,24)/b7-4-,13-12+/t15?,16-,17-,18+,19-/m1/s1. The first-order valence-electron chi connectivity index (χ1n) is 10.1. The lowest BCUT2D eigenvalue weighted by molar-refractivity contribution is -0.137. The van der Waals surface area contributed by atoms with E-state index in [-0.39, 0.29) is 30.5 Å². The van der Waals surface area contributed by atoms with Crippen LogP contribution in [0.5, 0.6) is 0 Å². The highest BCUT2D eigenvalue weighted by atomic mass is 16.7. The maximum atomic E-state index is 11.6. The number of carboxylic acid groups (broad SMARTS) is 1. The highest BCUT2D eigenvalue weighted by Gasteiger charge is 2.49. The van der Waals surface area contributed by atoms with Gasteiger partial charge in [-0.05, 0) is 25.7 Å². The molecule has 2 aliphatic rings. The van der Waals surface area contributed by atoms with Crippen molar-refractivity contribution in [3.05, 3.63) is 24.3 Å². The first-order chi connectivity index (χ1) is 13.0. The highest BCUT2D eigenvalue weighted by Crippen LogP contribution is 2.43. The molecule has 0 radical (unpaired) electrons. The lowest BCUT2D eigenvalue weighted by Crippen LogP contribution is -2.28. The SMILES string of the molecule is CCCCCC(O)/C=C/[C@@H]1[C@@H](C/C=C\CCCC(=O)O)[C@@H]2C[C@H]1OC(=O)O2. The first kappa shape index (κ1) is 21.5. The lowest BCUT2D eigenvalue weighted by atomic mass is 9.89. The zero-order valence-electron chi connectivity index (χ0n) is 16.1. The van der Waals surface area contributed by atoms with E-state index in [4.69, 9.17) is 14.6 Å². The summed E-state index contributed by atoms with van der Waals surface area (Å²) in [5.74, 6) is -0.623. The van der Waals surface area contributed by atoms with Gasteiger partial charge in [0.05, 0.1) is 6.10 Å². The second-order valence-corrected chi connectivity index (χ2v) is 7.48. The number of aliphatic carboxylic acids is 1. The van der Waals surface area contributed by atoms with Gasteiger partial charge in [0.1, 0.15) is 12.2 Å². The molecule has 6 heteroatoms. The summed E-state index contributed by atoms with van der Waals surface area (Å²) in [7, 11) is 0. The Morgan fingerprint density at radius 2 is 2.00 bits per heavy atom. The van der Waals surface area contributed by atoms with Crippen LogP contribution in [0, 0.1) is 11.8 Å². The first-order valence-corrected chi connectivity index (χ1v) is 10.1. The second-order valence-electron chi connectivity index (χ2n) is 7.48. The van der Waals surface area contributed by atoms with Gasteiger partial charge in [-0.1, -0.05) is 50.5 Å². The number of aliphatic hydroxyl groups excluding tert-OH is 1. The fraction of sp³-hybridized carbons (Fsp3) is 0.714. The lowest BCUT2D eigenvalue weighted by Gasteiger charge is -2.20. The van der Waals surface area contributed by atoms with Crippen LogP contribution in [0.3, 0.4) is 0 Å². The van der Waals surface area contributed by atoms with Crippen molar-refractivity contribution in [2.24, 2.45) is 11.8 Å². The Morgan fingerprint density at radius 1 is 1.22 bits per heavy atom. The van der Waals surface area contributed by atoms with Gasteiger partial charge in [0.2, 0.25) is 0 Å². The van der Waals surface area contributed by atoms with E-state index in [9.17, 15) is 14.7 Å². The predicted octanol–water partition coefficient (Wildman–Crippen LogP) is 4.23. The number of carboxylic acids is 1. The number of carbonyl (C=O) groups is 2. The number of fused-ring (bicyclic) bond motifs is 2. The minimum atomic E-state index is -0.778. The highest BCUT2D eigenvalue weighted by molar-refractivity contribution is 5.66. The van der Waals surface area contributed by atoms with E-state index >= 15 is 0 Å². The Bertz CT molecular complexity index is 541. The van der Waals surface area contributed by atoms with Crippen molar-refractivity contribution in [2.45, 2.75) is 83.0 Å². The Labute approximate surface area is 161 Å². The third-order valence-corrected chi connectivity index (χ3v) is 5.36. The van der Waals surface area contributed by atoms with E-state index in [0.29, 0.717) is 12.8 Å². The van der Waals surface area contributed by atoms with Crippen molar-refractivity contribution >= 4 is 12.1 Å². The Hall–Kier alpha value is -1.82. The minimum absolute atomic E-state index is 0.0333. The number of ether oxygens (including phenoxy) is 2. The van der Waals surface area contributed by atoms with Gasteiger partial charge < -0.3 is 19.7 Å². The molecule has 1 saturated carbocycles. The summed E-state index contributed by atoms with van der Waals surface area (Å²) in [6.45, 7) is 2.13. The van der Waals surface area contributed by atoms with Crippen molar-refractivity contribution in [3.8, 4) is 0 Å². The smallest absolute Gasteiger partial charge is 0.481 e. The van der Waals surface area contributed by atoms with Crippen LogP contribution in [0.1, 0.15) is 64.7 Å². The van der Waals surface area contributed by atoms with Crippen LogP contribution in [-0.2, 0) is 14.3 Å². The van der Waals surface area contributed by atoms with Gasteiger partial charge >= 0.3 is 12.1 Å². The molecule has 152 valence electrons. The largest absolute Gasteiger partial charge is 0.508 e. The minimum Gasteiger partial charge on any atom is -0.481 e. The van der Waals surface area contributed by atoms with Gasteiger partial charge in [0.25, 0.3) is 0 Å². The van der Waals surface area contributed by atoms with Gasteiger partial charge in [-0.2, -0.15) is 0 Å². The zero-order valence-corrected chi connectivity index (χ0v) is 16.1. The molecule has 2 bridgehead atoms. The van der Waals surface area contributed by atoms with Gasteiger partial charge in [-0.15, -0.1) is 0 Å². The monoisotopic (exact) mass is 380 g/mol. The summed E-state index contributed by atoms with van der Waals surface area (Å²) < 4.78 is 10.7. The summed E-state index contributed by atoms with van der Waals surface area (Å²) in [6, 6.07) is 0. The molecule has 0 aromatic carbocycles. The average Bonchev–Trinajstić information content (AvgIpc) is 2.86. The Kier molecular flexibility index (Phi) is 8.85. The maximum absolute atomic E-state index is 11.6. The number of carbonyl (C=O) groups excluding carboxylic acids is 1. The van der Waals surface area contributed by atoms with E-state index in [1.165, 1.54) is 0 Å². The van der Waals surface area contributed by atoms with Crippen molar-refractivity contribution < 1.29 is 29.3 Å². The fourth-order valence-electron chi connectivity index (χ4n) is 3.90. The second kappa shape index (κ2) is 11.1. The number of aliphatic hydroxyl groups is 1. The topological polar surface area (TPSA) is 93.1 Å². The third-order valence-electron chi connectivity index (χ3n) is 5.36. The van der Waals surface area contributed by atoms with E-state index < -0.39 is 18.2 Å². The van der Waals surface area contributed by atoms with E-state index in [0.717, 1.165) is 38.5 Å². The fourth-order valence-corrected chi connectivity index (χ4v) is 3.90. The molecule has 0 aromatic rings. The van der Waals surface area contributed by atoms with Crippen molar-refractivity contribution in [1.82, 2.24) is 0 Å². The predicted molar refractivity (Wildman–Crippen MR) is 101 cm³/mol. The van der Waals surface area contributed by atoms with E-state index in [1.807, 2.05) is 24.3 Å². The molecule has 1 unspecified atom stereocenters. The molecule has 1 aliphatic heterocycles. The molecule has 27 heavy (non-hydrogen) atoms.